The lowest BCUT2D eigenvalue weighted by Gasteiger charge is -2.31. The van der Waals surface area contributed by atoms with E-state index in [0.29, 0.717) is 131 Å². The first-order valence-electron chi connectivity index (χ1n) is 41.0. The Balaban J connectivity index is 0.000000666. The lowest BCUT2D eigenvalue weighted by molar-refractivity contribution is -0.155. The van der Waals surface area contributed by atoms with Gasteiger partial charge in [0, 0.05) is 91.6 Å². The van der Waals surface area contributed by atoms with Gasteiger partial charge in [-0.15, -0.1) is 0 Å². The molecule has 0 aromatic carbocycles. The van der Waals surface area contributed by atoms with Crippen molar-refractivity contribution in [2.45, 2.75) is 196 Å². The highest BCUT2D eigenvalue weighted by Crippen LogP contribution is 2.25. The fourth-order valence-electron chi connectivity index (χ4n) is 13.2. The zero-order chi connectivity index (χ0) is 85.5. The van der Waals surface area contributed by atoms with Gasteiger partial charge >= 0.3 is 41.8 Å². The first-order chi connectivity index (χ1) is 54.5. The first kappa shape index (κ1) is 103. The second-order valence-corrected chi connectivity index (χ2v) is 29.5. The van der Waals surface area contributed by atoms with Gasteiger partial charge < -0.3 is 67.5 Å². The van der Waals surface area contributed by atoms with Crippen LogP contribution >= 0.6 is 0 Å². The van der Waals surface area contributed by atoms with Crippen molar-refractivity contribution >= 4 is 83.1 Å². The van der Waals surface area contributed by atoms with Gasteiger partial charge in [0.05, 0.1) is 87.7 Å². The highest BCUT2D eigenvalue weighted by molar-refractivity contribution is 5.91. The Bertz CT molecular complexity index is 3100. The Kier molecular flexibility index (Phi) is 54.4. The maximum absolute atomic E-state index is 11.9. The van der Waals surface area contributed by atoms with Gasteiger partial charge in [-0.05, 0) is 178 Å². The molecule has 114 heavy (non-hydrogen) atoms. The normalized spacial score (nSPS) is 20.3. The summed E-state index contributed by atoms with van der Waals surface area (Å²) in [5.41, 5.74) is 0. The number of carbonyl (C=O) groups excluding carboxylic acids is 14. The Labute approximate surface area is 678 Å². The standard InChI is InChI=1S/C15H25NO3.2C13H21NO3.2C12H19NO3.C11H17NO3.C10H15NO3/c1-3-5-6-7-11-19-15(18)13-9-8-10-16(12-13)14(17)4-2;1-4-12(15)14-7-5-6-11(8-14)13(16)17-9-10(2)3;1-3-5-9-17-13(16)11-7-6-8-14(10-11)12(15)4-2;1-4-11(14)13-7-5-6-10(8-13)12(15)16-9(2)3;1-3-8-16-12(15)10-6-5-7-13(9-10)11(14)4-2;1-3-10(13)12-7-5-6-9(8-12)11(14)15-4-2;1-3-9(12)11-6-4-5-8(7-11)10(13)14-2/h4,13H,2-3,5-12H2,1H3;4,10-11H,1,5-9H2,2-3H3;4,11H,2-3,5-10H2,1H3;4,9-10H,1,5-8H2,2-3H3;4,10H,2-3,5-9H2,1H3;3,9H,1,4-8H2,2H3;3,8H,1,4-7H2,2H3. The Morgan fingerprint density at radius 1 is 0.307 bits per heavy atom. The number of rotatable bonds is 28. The minimum atomic E-state index is -0.230. The number of nitrogens with zero attached hydrogens (tertiary/aromatic N) is 7. The second-order valence-electron chi connectivity index (χ2n) is 29.5. The largest absolute Gasteiger partial charge is 0.469 e. The smallest absolute Gasteiger partial charge is 0.310 e. The molecule has 0 radical (unpaired) electrons. The lowest BCUT2D eigenvalue weighted by atomic mass is 9.98. The van der Waals surface area contributed by atoms with Crippen LogP contribution in [-0.2, 0) is 100 Å². The SMILES string of the molecule is C=CC(=O)N1CCCC(C(=O)OC(C)C)C1.C=CC(=O)N1CCCC(C(=O)OC)C1.C=CC(=O)N1CCCC(C(=O)OCC(C)C)C1.C=CC(=O)N1CCCC(C(=O)OCC)C1.C=CC(=O)N1CCCC(C(=O)OCCC)C1.C=CC(=O)N1CCCC(C(=O)OCCCC)C1.C=CC(=O)N1CCCC(C(=O)OCCCCCC)C1. The van der Waals surface area contributed by atoms with Gasteiger partial charge in [-0.2, -0.15) is 0 Å². The number of piperidine rings is 7. The summed E-state index contributed by atoms with van der Waals surface area (Å²) in [6.45, 7) is 50.2. The summed E-state index contributed by atoms with van der Waals surface area (Å²) in [5.74, 6) is -2.87. The quantitative estimate of drug-likeness (QED) is 0.0304. The molecular weight excluding hydrogens is 1470 g/mol. The van der Waals surface area contributed by atoms with Gasteiger partial charge in [-0.1, -0.05) is 106 Å². The molecule has 7 amide bonds. The van der Waals surface area contributed by atoms with Crippen LogP contribution in [0.2, 0.25) is 0 Å². The summed E-state index contributed by atoms with van der Waals surface area (Å²) in [6.07, 6.45) is 27.7. The summed E-state index contributed by atoms with van der Waals surface area (Å²) in [5, 5.41) is 0. The van der Waals surface area contributed by atoms with Crippen LogP contribution in [0.4, 0.5) is 0 Å². The van der Waals surface area contributed by atoms with Crippen LogP contribution in [0.25, 0.3) is 0 Å². The van der Waals surface area contributed by atoms with Crippen molar-refractivity contribution in [3.63, 3.8) is 0 Å². The summed E-state index contributed by atoms with van der Waals surface area (Å²) < 4.78 is 35.5. The molecule has 0 spiro atoms. The Morgan fingerprint density at radius 3 is 0.789 bits per heavy atom. The first-order valence-corrected chi connectivity index (χ1v) is 41.0. The van der Waals surface area contributed by atoms with Crippen LogP contribution in [0.3, 0.4) is 0 Å². The predicted octanol–water partition coefficient (Wildman–Crippen LogP) is 10.2. The van der Waals surface area contributed by atoms with Crippen LogP contribution < -0.4 is 0 Å². The molecule has 7 fully saturated rings. The number of hydrogen-bond acceptors (Lipinski definition) is 21. The van der Waals surface area contributed by atoms with E-state index in [9.17, 15) is 67.1 Å². The maximum Gasteiger partial charge on any atom is 0.310 e. The summed E-state index contributed by atoms with van der Waals surface area (Å²) in [4.78, 5) is 173. The number of carbonyl (C=O) groups is 14. The van der Waals surface area contributed by atoms with Crippen molar-refractivity contribution in [3.05, 3.63) is 88.6 Å². The molecule has 7 aliphatic heterocycles. The van der Waals surface area contributed by atoms with Gasteiger partial charge in [-0.3, -0.25) is 67.1 Å². The van der Waals surface area contributed by atoms with Gasteiger partial charge in [0.25, 0.3) is 0 Å². The molecule has 7 unspecified atom stereocenters. The molecule has 7 rings (SSSR count). The molecule has 7 aliphatic rings. The minimum Gasteiger partial charge on any atom is -0.469 e. The van der Waals surface area contributed by atoms with Crippen LogP contribution in [-0.4, -0.2) is 255 Å². The third kappa shape index (κ3) is 41.2. The van der Waals surface area contributed by atoms with E-state index in [0.717, 1.165) is 122 Å². The highest BCUT2D eigenvalue weighted by atomic mass is 16.6. The van der Waals surface area contributed by atoms with Crippen molar-refractivity contribution in [2.24, 2.45) is 47.3 Å². The number of esters is 7. The maximum atomic E-state index is 11.9. The fraction of sp³-hybridized carbons (Fsp3) is 0.674. The molecule has 0 N–H and O–H groups in total. The van der Waals surface area contributed by atoms with Crippen molar-refractivity contribution in [2.75, 3.05) is 132 Å². The molecule has 0 saturated carbocycles. The number of ether oxygens (including phenoxy) is 7. The van der Waals surface area contributed by atoms with E-state index in [1.165, 1.54) is 62.5 Å². The second kappa shape index (κ2) is 60.3. The van der Waals surface area contributed by atoms with Gasteiger partial charge in [0.15, 0.2) is 0 Å². The van der Waals surface area contributed by atoms with E-state index in [4.69, 9.17) is 28.4 Å². The van der Waals surface area contributed by atoms with Crippen molar-refractivity contribution < 1.29 is 100 Å². The number of unbranched alkanes of at least 4 members (excludes halogenated alkanes) is 4. The van der Waals surface area contributed by atoms with E-state index in [1.807, 2.05) is 34.6 Å². The summed E-state index contributed by atoms with van der Waals surface area (Å²) in [6, 6.07) is 0. The molecule has 642 valence electrons. The number of methoxy groups -OCH3 is 1. The van der Waals surface area contributed by atoms with Gasteiger partial charge in [0.2, 0.25) is 41.4 Å². The van der Waals surface area contributed by atoms with E-state index >= 15 is 0 Å². The van der Waals surface area contributed by atoms with Crippen molar-refractivity contribution in [3.8, 4) is 0 Å². The number of likely N-dealkylation sites (tertiary alicyclic amines) is 7. The molecule has 0 aliphatic carbocycles. The van der Waals surface area contributed by atoms with E-state index in [-0.39, 0.29) is 131 Å². The van der Waals surface area contributed by atoms with Crippen LogP contribution in [0.15, 0.2) is 88.6 Å². The minimum absolute atomic E-state index is 0.0968. The Morgan fingerprint density at radius 2 is 0.553 bits per heavy atom. The number of hydrogen-bond donors (Lipinski definition) is 0. The zero-order valence-corrected chi connectivity index (χ0v) is 70.2. The Hall–Kier alpha value is -9.24. The molecule has 28 nitrogen and oxygen atoms in total. The monoisotopic (exact) mass is 1600 g/mol. The van der Waals surface area contributed by atoms with Gasteiger partial charge in [-0.25, -0.2) is 0 Å². The molecule has 7 saturated heterocycles. The van der Waals surface area contributed by atoms with Gasteiger partial charge in [0.1, 0.15) is 0 Å². The van der Waals surface area contributed by atoms with E-state index < -0.39 is 0 Å². The molecule has 0 aromatic rings. The fourth-order valence-corrected chi connectivity index (χ4v) is 13.2. The number of amides is 7. The zero-order valence-electron chi connectivity index (χ0n) is 70.2. The summed E-state index contributed by atoms with van der Waals surface area (Å²) >= 11 is 0. The van der Waals surface area contributed by atoms with Crippen molar-refractivity contribution in [1.29, 1.82) is 0 Å². The molecular formula is C86H137N7O21. The van der Waals surface area contributed by atoms with E-state index in [2.05, 4.69) is 64.6 Å². The highest BCUT2D eigenvalue weighted by Gasteiger charge is 2.35. The lowest BCUT2D eigenvalue weighted by Crippen LogP contribution is -2.42. The third-order valence-corrected chi connectivity index (χ3v) is 19.5. The summed E-state index contributed by atoms with van der Waals surface area (Å²) in [7, 11) is 1.37. The van der Waals surface area contributed by atoms with Crippen LogP contribution in [0.1, 0.15) is 190 Å². The molecule has 28 heteroatoms. The topological polar surface area (TPSA) is 326 Å². The van der Waals surface area contributed by atoms with Crippen LogP contribution in [0, 0.1) is 47.3 Å². The molecule has 0 bridgehead atoms. The molecule has 0 aromatic heterocycles. The average Bonchev–Trinajstić information content (AvgIpc) is 0.915. The molecule has 7 heterocycles. The van der Waals surface area contributed by atoms with E-state index in [1.54, 1.807) is 41.2 Å². The van der Waals surface area contributed by atoms with Crippen molar-refractivity contribution in [1.82, 2.24) is 34.3 Å². The third-order valence-electron chi connectivity index (χ3n) is 19.5. The van der Waals surface area contributed by atoms with Crippen LogP contribution in [0.5, 0.6) is 0 Å². The average molecular weight is 1610 g/mol. The predicted molar refractivity (Wildman–Crippen MR) is 434 cm³/mol. The molecule has 7 atom stereocenters.